The summed E-state index contributed by atoms with van der Waals surface area (Å²) in [6.45, 7) is 8.07. The summed E-state index contributed by atoms with van der Waals surface area (Å²) in [5.74, 6) is -7.76. The molecule has 234 valence electrons. The van der Waals surface area contributed by atoms with Crippen LogP contribution in [0.4, 0.5) is 11.4 Å². The average molecular weight is 600 g/mol. The third kappa shape index (κ3) is 5.15. The summed E-state index contributed by atoms with van der Waals surface area (Å²) < 4.78 is 0. The largest absolute Gasteiger partial charge is 0.508 e. The molecule has 1 aromatic carbocycles. The molecule has 0 heterocycles. The van der Waals surface area contributed by atoms with E-state index in [0.29, 0.717) is 17.8 Å². The number of aliphatic hydroxyl groups is 3. The van der Waals surface area contributed by atoms with Gasteiger partial charge in [-0.25, -0.2) is 0 Å². The second-order valence-electron chi connectivity index (χ2n) is 12.8. The van der Waals surface area contributed by atoms with E-state index >= 15 is 0 Å². The van der Waals surface area contributed by atoms with Crippen LogP contribution in [0.5, 0.6) is 5.75 Å². The van der Waals surface area contributed by atoms with Crippen LogP contribution in [0.25, 0.3) is 5.76 Å². The van der Waals surface area contributed by atoms with Gasteiger partial charge in [-0.3, -0.25) is 24.1 Å². The second-order valence-corrected chi connectivity index (χ2v) is 12.8. The molecule has 0 aromatic heterocycles. The van der Waals surface area contributed by atoms with E-state index in [0.717, 1.165) is 0 Å². The summed E-state index contributed by atoms with van der Waals surface area (Å²) in [6.07, 6.45) is 0.125. The molecule has 8 N–H and O–H groups in total. The van der Waals surface area contributed by atoms with E-state index in [1.807, 2.05) is 32.6 Å². The SMILES string of the molecule is CCN(C)c1cc(NC(=O)CNC(C)(C)C)c(O)c2c1C[C@H]1C[C@H]3[C@H](N(C)C)C(=O)C(C(N)=O)=C(O)[C@@]3(O)C(=O)C1=C2O. The Morgan fingerprint density at radius 2 is 1.77 bits per heavy atom. The van der Waals surface area contributed by atoms with E-state index < -0.39 is 69.7 Å². The van der Waals surface area contributed by atoms with Gasteiger partial charge >= 0.3 is 0 Å². The van der Waals surface area contributed by atoms with Crippen molar-refractivity contribution in [3.8, 4) is 5.75 Å². The normalized spacial score (nSPS) is 25.4. The van der Waals surface area contributed by atoms with Crippen molar-refractivity contribution < 1.29 is 39.6 Å². The number of carbonyl (C=O) groups is 4. The maximum Gasteiger partial charge on any atom is 0.255 e. The number of fused-ring (bicyclic) bond motifs is 3. The predicted molar refractivity (Wildman–Crippen MR) is 160 cm³/mol. The molecule has 0 radical (unpaired) electrons. The molecule has 13 nitrogen and oxygen atoms in total. The Kier molecular flexibility index (Phi) is 8.15. The van der Waals surface area contributed by atoms with Gasteiger partial charge in [0.2, 0.25) is 11.7 Å². The highest BCUT2D eigenvalue weighted by Gasteiger charge is 2.64. The lowest BCUT2D eigenvalue weighted by Crippen LogP contribution is -2.65. The first-order valence-electron chi connectivity index (χ1n) is 14.2. The molecule has 0 bridgehead atoms. The zero-order valence-corrected chi connectivity index (χ0v) is 25.5. The van der Waals surface area contributed by atoms with Crippen LogP contribution in [-0.4, -0.2) is 100 Å². The fraction of sp³-hybridized carbons (Fsp3) is 0.533. The van der Waals surface area contributed by atoms with Crippen molar-refractivity contribution in [3.63, 3.8) is 0 Å². The number of nitrogens with two attached hydrogens (primary N) is 1. The number of hydrogen-bond donors (Lipinski definition) is 7. The first-order valence-corrected chi connectivity index (χ1v) is 14.2. The molecule has 0 saturated heterocycles. The molecule has 0 spiro atoms. The number of phenolic OH excluding ortho intramolecular Hbond substituents is 1. The third-order valence-corrected chi connectivity index (χ3v) is 8.64. The number of rotatable bonds is 7. The van der Waals surface area contributed by atoms with Gasteiger partial charge in [-0.15, -0.1) is 0 Å². The molecule has 1 saturated carbocycles. The molecule has 3 aliphatic carbocycles. The lowest BCUT2D eigenvalue weighted by atomic mass is 9.57. The van der Waals surface area contributed by atoms with Crippen molar-refractivity contribution in [2.45, 2.75) is 57.7 Å². The summed E-state index contributed by atoms with van der Waals surface area (Å²) in [6, 6.07) is 0.440. The van der Waals surface area contributed by atoms with Gasteiger partial charge in [0, 0.05) is 36.3 Å². The van der Waals surface area contributed by atoms with Crippen LogP contribution in [0, 0.1) is 11.8 Å². The number of benzene rings is 1. The van der Waals surface area contributed by atoms with Crippen LogP contribution in [0.15, 0.2) is 23.0 Å². The van der Waals surface area contributed by atoms with Gasteiger partial charge in [0.1, 0.15) is 22.8 Å². The van der Waals surface area contributed by atoms with Crippen molar-refractivity contribution >= 4 is 40.5 Å². The minimum Gasteiger partial charge on any atom is -0.508 e. The van der Waals surface area contributed by atoms with E-state index in [-0.39, 0.29) is 41.7 Å². The van der Waals surface area contributed by atoms with Crippen molar-refractivity contribution in [3.05, 3.63) is 34.1 Å². The fourth-order valence-corrected chi connectivity index (χ4v) is 6.44. The number of nitrogens with one attached hydrogen (secondary N) is 2. The van der Waals surface area contributed by atoms with Gasteiger partial charge < -0.3 is 41.7 Å². The first-order chi connectivity index (χ1) is 19.9. The average Bonchev–Trinajstić information content (AvgIpc) is 2.89. The van der Waals surface area contributed by atoms with Gasteiger partial charge in [-0.2, -0.15) is 0 Å². The highest BCUT2D eigenvalue weighted by atomic mass is 16.3. The monoisotopic (exact) mass is 599 g/mol. The number of ketones is 2. The molecule has 3 aliphatic rings. The smallest absolute Gasteiger partial charge is 0.255 e. The summed E-state index contributed by atoms with van der Waals surface area (Å²) in [7, 11) is 4.90. The number of amides is 2. The Morgan fingerprint density at radius 3 is 2.30 bits per heavy atom. The fourth-order valence-electron chi connectivity index (χ4n) is 6.44. The number of phenols is 1. The molecule has 13 heteroatoms. The van der Waals surface area contributed by atoms with Crippen LogP contribution < -0.4 is 21.3 Å². The van der Waals surface area contributed by atoms with E-state index in [1.165, 1.54) is 4.90 Å². The first kappa shape index (κ1) is 32.0. The van der Waals surface area contributed by atoms with E-state index in [2.05, 4.69) is 10.6 Å². The van der Waals surface area contributed by atoms with Crippen LogP contribution in [-0.2, 0) is 25.6 Å². The third-order valence-electron chi connectivity index (χ3n) is 8.64. The highest BCUT2D eigenvalue weighted by molar-refractivity contribution is 6.24. The zero-order valence-electron chi connectivity index (χ0n) is 25.5. The number of carbonyl (C=O) groups excluding carboxylic acids is 4. The zero-order chi connectivity index (χ0) is 32.3. The Bertz CT molecular complexity index is 1470. The molecule has 2 amide bonds. The lowest BCUT2D eigenvalue weighted by Gasteiger charge is -2.50. The molecule has 1 fully saturated rings. The van der Waals surface area contributed by atoms with Gasteiger partial charge in [-0.1, -0.05) is 0 Å². The Labute approximate surface area is 250 Å². The number of anilines is 2. The second kappa shape index (κ2) is 11.0. The Morgan fingerprint density at radius 1 is 1.14 bits per heavy atom. The number of aromatic hydroxyl groups is 1. The number of likely N-dealkylation sites (N-methyl/N-ethyl adjacent to an activating group) is 1. The lowest BCUT2D eigenvalue weighted by molar-refractivity contribution is -0.153. The maximum atomic E-state index is 14.1. The minimum atomic E-state index is -2.73. The number of Topliss-reactive ketones (excluding diaryl/α,β-unsaturated/α-hetero) is 2. The maximum absolute atomic E-state index is 14.1. The van der Waals surface area contributed by atoms with Crippen molar-refractivity contribution in [2.75, 3.05) is 44.4 Å². The molecular formula is C30H41N5O8. The van der Waals surface area contributed by atoms with Gasteiger partial charge in [0.05, 0.1) is 23.8 Å². The predicted octanol–water partition coefficient (Wildman–Crippen LogP) is 0.747. The topological polar surface area (TPSA) is 206 Å². The molecule has 1 aromatic rings. The van der Waals surface area contributed by atoms with E-state index in [9.17, 15) is 39.6 Å². The Balaban J connectivity index is 1.91. The van der Waals surface area contributed by atoms with E-state index in [4.69, 9.17) is 5.73 Å². The summed E-state index contributed by atoms with van der Waals surface area (Å²) in [5.41, 5.74) is 2.21. The molecule has 0 unspecified atom stereocenters. The standard InChI is InChI=1S/C30H41N5O8/c1-8-35(7)17-11-16(33-18(36)12-32-29(2,3)4)23(37)20-14(17)9-13-10-15-22(34(5)6)25(39)21(28(31)42)27(41)30(15,43)26(40)19(13)24(20)38/h11,13,15,22,32,37-38,41,43H,8-10,12H2,1-7H3,(H2,31,42)(H,33,36)/t13-,15-,22-,30-/m0/s1. The minimum absolute atomic E-state index is 0.00917. The summed E-state index contributed by atoms with van der Waals surface area (Å²) >= 11 is 0. The van der Waals surface area contributed by atoms with Gasteiger partial charge in [-0.05, 0) is 72.2 Å². The van der Waals surface area contributed by atoms with Crippen molar-refractivity contribution in [1.82, 2.24) is 10.2 Å². The molecule has 4 rings (SSSR count). The number of primary amides is 1. The molecule has 4 atom stereocenters. The van der Waals surface area contributed by atoms with E-state index in [1.54, 1.807) is 27.2 Å². The quantitative estimate of drug-likeness (QED) is 0.172. The molecular weight excluding hydrogens is 558 g/mol. The molecule has 0 aliphatic heterocycles. The van der Waals surface area contributed by atoms with Crippen molar-refractivity contribution in [1.29, 1.82) is 0 Å². The summed E-state index contributed by atoms with van der Waals surface area (Å²) in [4.78, 5) is 55.6. The van der Waals surface area contributed by atoms with Crippen LogP contribution >= 0.6 is 0 Å². The molecule has 43 heavy (non-hydrogen) atoms. The van der Waals surface area contributed by atoms with Crippen LogP contribution in [0.2, 0.25) is 0 Å². The highest BCUT2D eigenvalue weighted by Crippen LogP contribution is 2.54. The van der Waals surface area contributed by atoms with Gasteiger partial charge in [0.15, 0.2) is 11.4 Å². The summed E-state index contributed by atoms with van der Waals surface area (Å²) in [5, 5.41) is 51.5. The van der Waals surface area contributed by atoms with Gasteiger partial charge in [0.25, 0.3) is 5.91 Å². The Hall–Kier alpha value is -3.94. The van der Waals surface area contributed by atoms with Crippen LogP contribution in [0.3, 0.4) is 0 Å². The number of aliphatic hydroxyl groups excluding tert-OH is 2. The van der Waals surface area contributed by atoms with Crippen LogP contribution in [0.1, 0.15) is 45.2 Å². The van der Waals surface area contributed by atoms with Crippen molar-refractivity contribution in [2.24, 2.45) is 17.6 Å². The number of hydrogen-bond acceptors (Lipinski definition) is 11. The number of nitrogens with zero attached hydrogens (tertiary/aromatic N) is 2.